The minimum absolute atomic E-state index is 0.0556. The molecule has 0 aromatic heterocycles. The highest BCUT2D eigenvalue weighted by Crippen LogP contribution is 2.63. The Hall–Kier alpha value is -2.96. The first-order chi connectivity index (χ1) is 18.7. The van der Waals surface area contributed by atoms with Crippen LogP contribution in [0.25, 0.3) is 0 Å². The van der Waals surface area contributed by atoms with Crippen LogP contribution < -0.4 is 0 Å². The van der Waals surface area contributed by atoms with Gasteiger partial charge in [-0.15, -0.1) is 0 Å². The van der Waals surface area contributed by atoms with E-state index in [9.17, 15) is 39.6 Å². The molecule has 2 bridgehead atoms. The number of benzene rings is 1. The fraction of sp³-hybridized carbons (Fsp3) is 0.586. The molecule has 216 valence electrons. The first-order valence-electron chi connectivity index (χ1n) is 13.2. The topological polar surface area (TPSA) is 177 Å². The van der Waals surface area contributed by atoms with Gasteiger partial charge >= 0.3 is 11.9 Å². The molecule has 5 rings (SSSR count). The minimum Gasteiger partial charge on any atom is -0.455 e. The predicted octanol–water partition coefficient (Wildman–Crippen LogP) is 0.262. The number of ketones is 2. The van der Waals surface area contributed by atoms with Gasteiger partial charge in [0.15, 0.2) is 17.2 Å². The van der Waals surface area contributed by atoms with Crippen molar-refractivity contribution in [2.75, 3.05) is 13.2 Å². The third kappa shape index (κ3) is 3.54. The van der Waals surface area contributed by atoms with Crippen LogP contribution in [0.15, 0.2) is 41.5 Å². The van der Waals surface area contributed by atoms with Crippen molar-refractivity contribution in [3.63, 3.8) is 0 Å². The van der Waals surface area contributed by atoms with Gasteiger partial charge < -0.3 is 34.6 Å². The quantitative estimate of drug-likeness (QED) is 0.373. The summed E-state index contributed by atoms with van der Waals surface area (Å²) in [5.41, 5.74) is -7.77. The molecule has 1 saturated heterocycles. The lowest BCUT2D eigenvalue weighted by Gasteiger charge is -2.67. The van der Waals surface area contributed by atoms with Crippen LogP contribution in [0.1, 0.15) is 50.9 Å². The number of hydrogen-bond donors (Lipinski definition) is 4. The molecule has 2 saturated carbocycles. The van der Waals surface area contributed by atoms with Crippen molar-refractivity contribution < 1.29 is 53.8 Å². The van der Waals surface area contributed by atoms with Crippen LogP contribution >= 0.6 is 0 Å². The summed E-state index contributed by atoms with van der Waals surface area (Å²) in [5.74, 6) is -4.92. The van der Waals surface area contributed by atoms with E-state index in [1.807, 2.05) is 0 Å². The van der Waals surface area contributed by atoms with Crippen molar-refractivity contribution in [1.82, 2.24) is 0 Å². The number of ether oxygens (including phenoxy) is 3. The highest BCUT2D eigenvalue weighted by atomic mass is 16.6. The molecule has 1 aromatic rings. The second-order valence-corrected chi connectivity index (χ2v) is 11.9. The number of allylic oxidation sites excluding steroid dienone is 1. The molecule has 8 atom stereocenters. The molecule has 0 spiro atoms. The summed E-state index contributed by atoms with van der Waals surface area (Å²) in [5, 5.41) is 46.5. The van der Waals surface area contributed by atoms with E-state index in [4.69, 9.17) is 14.2 Å². The first-order valence-corrected chi connectivity index (χ1v) is 13.2. The normalized spacial score (nSPS) is 40.1. The molecular weight excluding hydrogens is 524 g/mol. The molecule has 4 aliphatic rings. The third-order valence-electron chi connectivity index (χ3n) is 9.77. The molecule has 3 aliphatic carbocycles. The number of esters is 2. The van der Waals surface area contributed by atoms with Crippen LogP contribution in [0.2, 0.25) is 0 Å². The van der Waals surface area contributed by atoms with Crippen LogP contribution in [0.5, 0.6) is 0 Å². The first kappa shape index (κ1) is 28.6. The Morgan fingerprint density at radius 1 is 1.12 bits per heavy atom. The van der Waals surface area contributed by atoms with Crippen molar-refractivity contribution in [3.05, 3.63) is 47.0 Å². The number of hydrogen-bond acceptors (Lipinski definition) is 11. The second kappa shape index (κ2) is 9.28. The molecule has 0 unspecified atom stereocenters. The Bertz CT molecular complexity index is 1300. The van der Waals surface area contributed by atoms with Crippen LogP contribution in [0.4, 0.5) is 0 Å². The minimum atomic E-state index is -2.28. The van der Waals surface area contributed by atoms with Crippen molar-refractivity contribution in [3.8, 4) is 0 Å². The van der Waals surface area contributed by atoms with E-state index >= 15 is 0 Å². The van der Waals surface area contributed by atoms with E-state index < -0.39 is 88.9 Å². The van der Waals surface area contributed by atoms with E-state index in [0.717, 1.165) is 6.92 Å². The number of aliphatic hydroxyl groups excluding tert-OH is 3. The Balaban J connectivity index is 1.85. The fourth-order valence-corrected chi connectivity index (χ4v) is 7.57. The Labute approximate surface area is 230 Å². The summed E-state index contributed by atoms with van der Waals surface area (Å²) < 4.78 is 17.5. The van der Waals surface area contributed by atoms with Gasteiger partial charge in [-0.25, -0.2) is 4.79 Å². The van der Waals surface area contributed by atoms with Gasteiger partial charge in [0.05, 0.1) is 36.2 Å². The van der Waals surface area contributed by atoms with E-state index in [2.05, 4.69) is 0 Å². The zero-order valence-corrected chi connectivity index (χ0v) is 22.7. The van der Waals surface area contributed by atoms with Crippen LogP contribution in [-0.2, 0) is 28.6 Å². The molecule has 4 N–H and O–H groups in total. The van der Waals surface area contributed by atoms with E-state index in [1.165, 1.54) is 32.9 Å². The number of rotatable bonds is 4. The smallest absolute Gasteiger partial charge is 0.338 e. The molecule has 1 aromatic carbocycles. The standard InChI is InChI=1S/C29H34O11/c1-14-17(32)11-29(37)24(39-25(36)16-8-6-5-7-9-16)22-27(12-30,23(35)21(34)20(14)26(29,3)4)18(33)10-19-28(22,13-38-19)40-15(2)31/h5-9,18-19,21-22,24,30,33-34,37H,10-13H2,1-4H3/t18-,19+,21+,22-,24-,27+,28-,29+/m0/s1. The molecule has 11 nitrogen and oxygen atoms in total. The molecule has 40 heavy (non-hydrogen) atoms. The van der Waals surface area contributed by atoms with Gasteiger partial charge in [-0.1, -0.05) is 32.0 Å². The van der Waals surface area contributed by atoms with Gasteiger partial charge in [-0.3, -0.25) is 14.4 Å². The van der Waals surface area contributed by atoms with Crippen molar-refractivity contribution in [2.45, 2.75) is 76.2 Å². The summed E-state index contributed by atoms with van der Waals surface area (Å²) >= 11 is 0. The zero-order chi connectivity index (χ0) is 29.4. The largest absolute Gasteiger partial charge is 0.455 e. The van der Waals surface area contributed by atoms with E-state index in [1.54, 1.807) is 18.2 Å². The summed E-state index contributed by atoms with van der Waals surface area (Å²) in [6, 6.07) is 7.83. The highest BCUT2D eigenvalue weighted by molar-refractivity contribution is 6.02. The average Bonchev–Trinajstić information content (AvgIpc) is 2.89. The maximum atomic E-state index is 14.3. The second-order valence-electron chi connectivity index (χ2n) is 11.9. The van der Waals surface area contributed by atoms with E-state index in [-0.39, 0.29) is 29.7 Å². The van der Waals surface area contributed by atoms with Crippen molar-refractivity contribution in [2.24, 2.45) is 16.7 Å². The highest BCUT2D eigenvalue weighted by Gasteiger charge is 2.79. The lowest BCUT2D eigenvalue weighted by Crippen LogP contribution is -2.82. The maximum Gasteiger partial charge on any atom is 0.338 e. The van der Waals surface area contributed by atoms with Gasteiger partial charge in [0.1, 0.15) is 23.9 Å². The van der Waals surface area contributed by atoms with Gasteiger partial charge in [0, 0.05) is 25.2 Å². The molecule has 11 heteroatoms. The number of fused-ring (bicyclic) bond motifs is 5. The van der Waals surface area contributed by atoms with Gasteiger partial charge in [0.25, 0.3) is 0 Å². The monoisotopic (exact) mass is 558 g/mol. The zero-order valence-electron chi connectivity index (χ0n) is 22.7. The van der Waals surface area contributed by atoms with E-state index in [0.29, 0.717) is 0 Å². The fourth-order valence-electron chi connectivity index (χ4n) is 7.57. The average molecular weight is 559 g/mol. The molecule has 1 aliphatic heterocycles. The summed E-state index contributed by atoms with van der Waals surface area (Å²) in [6.07, 6.45) is -7.25. The lowest BCUT2D eigenvalue weighted by atomic mass is 9.44. The summed E-state index contributed by atoms with van der Waals surface area (Å²) in [4.78, 5) is 53.7. The molecule has 3 fully saturated rings. The lowest BCUT2D eigenvalue weighted by molar-refractivity contribution is -0.349. The molecule has 1 heterocycles. The molecular formula is C29H34O11. The Morgan fingerprint density at radius 2 is 1.77 bits per heavy atom. The van der Waals surface area contributed by atoms with Gasteiger partial charge in [0.2, 0.25) is 0 Å². The van der Waals surface area contributed by atoms with Crippen LogP contribution in [0, 0.1) is 16.7 Å². The van der Waals surface area contributed by atoms with Gasteiger partial charge in [-0.05, 0) is 30.2 Å². The Kier molecular flexibility index (Phi) is 6.63. The maximum absolute atomic E-state index is 14.3. The molecule has 0 radical (unpaired) electrons. The summed E-state index contributed by atoms with van der Waals surface area (Å²) in [7, 11) is 0. The number of Topliss-reactive ketones (excluding diaryl/α,β-unsaturated/α-hetero) is 2. The predicted molar refractivity (Wildman–Crippen MR) is 136 cm³/mol. The SMILES string of the molecule is CC(=O)O[C@@]12CO[C@@H]1C[C@H](O)[C@@]1(CO)C(=O)[C@H](O)C3=C(C)C(=O)C[C@@](O)([C@@H](OC(=O)c4ccccc4)[C@H]21)C3(C)C. The van der Waals surface area contributed by atoms with Gasteiger partial charge in [-0.2, -0.15) is 0 Å². The number of carbonyl (C=O) groups excluding carboxylic acids is 4. The Morgan fingerprint density at radius 3 is 2.33 bits per heavy atom. The number of aliphatic hydroxyl groups is 4. The third-order valence-corrected chi connectivity index (χ3v) is 9.77. The van der Waals surface area contributed by atoms with Crippen molar-refractivity contribution in [1.29, 1.82) is 0 Å². The number of carbonyl (C=O) groups is 4. The van der Waals surface area contributed by atoms with Crippen LogP contribution in [-0.4, -0.2) is 92.8 Å². The van der Waals surface area contributed by atoms with Crippen LogP contribution in [0.3, 0.4) is 0 Å². The van der Waals surface area contributed by atoms with Crippen molar-refractivity contribution >= 4 is 23.5 Å². The molecule has 0 amide bonds. The summed E-state index contributed by atoms with van der Waals surface area (Å²) in [6.45, 7) is 4.27.